The predicted octanol–water partition coefficient (Wildman–Crippen LogP) is 5.35. The van der Waals surface area contributed by atoms with E-state index in [0.29, 0.717) is 16.6 Å². The Balaban J connectivity index is 3.48. The van der Waals surface area contributed by atoms with Crippen molar-refractivity contribution < 1.29 is 9.09 Å². The van der Waals surface area contributed by atoms with E-state index in [-0.39, 0.29) is 5.66 Å². The number of allylic oxidation sites excluding steroid dienone is 8. The standard InChI is InChI=1S/C16H21O2P/c1-8-11(4)13(6)19(17)14(7)16(10-3)15(9-2)12(5)18-19/h8-10,13H,1-4H2,5-7H3. The molecular weight excluding hydrogens is 255 g/mol. The molecule has 1 rings (SSSR count). The van der Waals surface area contributed by atoms with Gasteiger partial charge in [0.15, 0.2) is 0 Å². The van der Waals surface area contributed by atoms with Crippen molar-refractivity contribution in [1.29, 1.82) is 0 Å². The molecule has 0 fully saturated rings. The SMILES string of the molecule is C=CC(=C)C(C)P1(=O)OC(C)=C(C=C)C(C=C)=C1C. The third kappa shape index (κ3) is 2.46. The van der Waals surface area contributed by atoms with Crippen molar-refractivity contribution in [2.24, 2.45) is 0 Å². The highest BCUT2D eigenvalue weighted by atomic mass is 31.2. The van der Waals surface area contributed by atoms with Gasteiger partial charge in [-0.05, 0) is 31.9 Å². The van der Waals surface area contributed by atoms with E-state index in [9.17, 15) is 4.57 Å². The second-order valence-corrected chi connectivity index (χ2v) is 7.34. The average Bonchev–Trinajstić information content (AvgIpc) is 2.40. The molecule has 0 N–H and O–H groups in total. The molecule has 2 nitrogen and oxygen atoms in total. The number of hydrogen-bond acceptors (Lipinski definition) is 2. The molecule has 0 spiro atoms. The van der Waals surface area contributed by atoms with E-state index in [1.807, 2.05) is 13.8 Å². The van der Waals surface area contributed by atoms with Gasteiger partial charge in [0.2, 0.25) is 0 Å². The molecule has 0 aliphatic carbocycles. The van der Waals surface area contributed by atoms with Crippen molar-refractivity contribution in [3.8, 4) is 0 Å². The fourth-order valence-corrected chi connectivity index (χ4v) is 4.61. The van der Waals surface area contributed by atoms with Crippen LogP contribution in [-0.2, 0) is 9.09 Å². The van der Waals surface area contributed by atoms with Crippen LogP contribution in [0.2, 0.25) is 0 Å². The van der Waals surface area contributed by atoms with E-state index in [2.05, 4.69) is 26.3 Å². The summed E-state index contributed by atoms with van der Waals surface area (Å²) in [6.45, 7) is 20.6. The van der Waals surface area contributed by atoms with Crippen molar-refractivity contribution in [3.63, 3.8) is 0 Å². The lowest BCUT2D eigenvalue weighted by Crippen LogP contribution is -2.14. The summed E-state index contributed by atoms with van der Waals surface area (Å²) in [7, 11) is -3.02. The van der Waals surface area contributed by atoms with Crippen LogP contribution in [0.15, 0.2) is 72.3 Å². The Hall–Kier alpha value is -1.53. The van der Waals surface area contributed by atoms with Crippen LogP contribution in [0.1, 0.15) is 20.8 Å². The van der Waals surface area contributed by atoms with Crippen molar-refractivity contribution in [1.82, 2.24) is 0 Å². The van der Waals surface area contributed by atoms with Crippen LogP contribution in [-0.4, -0.2) is 5.66 Å². The number of rotatable bonds is 5. The summed E-state index contributed by atoms with van der Waals surface area (Å²) < 4.78 is 19.0. The molecule has 0 aromatic heterocycles. The molecule has 102 valence electrons. The van der Waals surface area contributed by atoms with Crippen LogP contribution in [0.5, 0.6) is 0 Å². The largest absolute Gasteiger partial charge is 0.444 e. The molecule has 0 radical (unpaired) electrons. The van der Waals surface area contributed by atoms with Gasteiger partial charge in [0.05, 0.1) is 5.66 Å². The van der Waals surface area contributed by atoms with Gasteiger partial charge in [-0.3, -0.25) is 4.57 Å². The summed E-state index contributed by atoms with van der Waals surface area (Å²) in [5, 5.41) is 0.707. The van der Waals surface area contributed by atoms with Crippen molar-refractivity contribution in [2.45, 2.75) is 26.4 Å². The van der Waals surface area contributed by atoms with E-state index in [4.69, 9.17) is 4.52 Å². The normalized spacial score (nSPS) is 24.6. The molecule has 0 saturated carbocycles. The predicted molar refractivity (Wildman–Crippen MR) is 83.3 cm³/mol. The minimum Gasteiger partial charge on any atom is -0.444 e. The monoisotopic (exact) mass is 276 g/mol. The molecular formula is C16H21O2P. The molecule has 0 aromatic rings. The van der Waals surface area contributed by atoms with Gasteiger partial charge in [-0.25, -0.2) is 0 Å². The van der Waals surface area contributed by atoms with Gasteiger partial charge < -0.3 is 4.52 Å². The Bertz CT molecular complexity index is 561. The van der Waals surface area contributed by atoms with Crippen LogP contribution in [0.4, 0.5) is 0 Å². The van der Waals surface area contributed by atoms with E-state index in [1.54, 1.807) is 25.2 Å². The average molecular weight is 276 g/mol. The molecule has 2 atom stereocenters. The summed E-state index contributed by atoms with van der Waals surface area (Å²) in [6, 6.07) is 0. The molecule has 0 bridgehead atoms. The van der Waals surface area contributed by atoms with Gasteiger partial charge in [-0.2, -0.15) is 0 Å². The molecule has 3 heteroatoms. The summed E-state index contributed by atoms with van der Waals surface area (Å²) in [5.41, 5.74) is 2.09. The lowest BCUT2D eigenvalue weighted by Gasteiger charge is -2.32. The maximum atomic E-state index is 13.2. The van der Waals surface area contributed by atoms with E-state index < -0.39 is 7.37 Å². The molecule has 0 amide bonds. The molecule has 1 aliphatic heterocycles. The Morgan fingerprint density at radius 2 is 1.74 bits per heavy atom. The Morgan fingerprint density at radius 3 is 2.16 bits per heavy atom. The van der Waals surface area contributed by atoms with Crippen LogP contribution in [0, 0.1) is 0 Å². The van der Waals surface area contributed by atoms with Gasteiger partial charge in [0.25, 0.3) is 7.37 Å². The molecule has 1 heterocycles. The summed E-state index contributed by atoms with van der Waals surface area (Å²) in [6.07, 6.45) is 5.03. The molecule has 0 saturated heterocycles. The Morgan fingerprint density at radius 1 is 1.21 bits per heavy atom. The molecule has 19 heavy (non-hydrogen) atoms. The smallest absolute Gasteiger partial charge is 0.280 e. The minimum atomic E-state index is -3.02. The third-order valence-electron chi connectivity index (χ3n) is 3.52. The van der Waals surface area contributed by atoms with Crippen molar-refractivity contribution in [2.75, 3.05) is 0 Å². The molecule has 0 aromatic carbocycles. The second kappa shape index (κ2) is 5.63. The highest BCUT2D eigenvalue weighted by Crippen LogP contribution is 2.65. The van der Waals surface area contributed by atoms with E-state index in [1.165, 1.54) is 0 Å². The van der Waals surface area contributed by atoms with Crippen LogP contribution in [0.25, 0.3) is 0 Å². The van der Waals surface area contributed by atoms with E-state index in [0.717, 1.165) is 11.1 Å². The van der Waals surface area contributed by atoms with Gasteiger partial charge in [0.1, 0.15) is 5.76 Å². The summed E-state index contributed by atoms with van der Waals surface area (Å²) >= 11 is 0. The maximum absolute atomic E-state index is 13.2. The molecule has 2 unspecified atom stereocenters. The van der Waals surface area contributed by atoms with Crippen molar-refractivity contribution in [3.05, 3.63) is 72.3 Å². The highest BCUT2D eigenvalue weighted by Gasteiger charge is 2.40. The van der Waals surface area contributed by atoms with Gasteiger partial charge in [0, 0.05) is 10.9 Å². The van der Waals surface area contributed by atoms with Crippen LogP contribution < -0.4 is 0 Å². The number of hydrogen-bond donors (Lipinski definition) is 0. The second-order valence-electron chi connectivity index (χ2n) is 4.52. The summed E-state index contributed by atoms with van der Waals surface area (Å²) in [5.74, 6) is 0.613. The minimum absolute atomic E-state index is 0.304. The van der Waals surface area contributed by atoms with Gasteiger partial charge in [-0.1, -0.05) is 44.5 Å². The van der Waals surface area contributed by atoms with Crippen LogP contribution >= 0.6 is 7.37 Å². The zero-order valence-corrected chi connectivity index (χ0v) is 12.8. The first-order valence-electron chi connectivity index (χ1n) is 6.11. The lowest BCUT2D eigenvalue weighted by atomic mass is 10.1. The Kier molecular flexibility index (Phi) is 4.60. The van der Waals surface area contributed by atoms with E-state index >= 15 is 0 Å². The fourth-order valence-electron chi connectivity index (χ4n) is 2.14. The summed E-state index contributed by atoms with van der Waals surface area (Å²) in [4.78, 5) is 0. The zero-order chi connectivity index (χ0) is 14.8. The van der Waals surface area contributed by atoms with Gasteiger partial charge >= 0.3 is 0 Å². The first-order valence-corrected chi connectivity index (χ1v) is 7.81. The fraction of sp³-hybridized carbons (Fsp3) is 0.250. The lowest BCUT2D eigenvalue weighted by molar-refractivity contribution is 0.398. The van der Waals surface area contributed by atoms with Gasteiger partial charge in [-0.15, -0.1) is 0 Å². The Labute approximate surface area is 116 Å². The zero-order valence-electron chi connectivity index (χ0n) is 11.9. The highest BCUT2D eigenvalue weighted by molar-refractivity contribution is 7.64. The third-order valence-corrected chi connectivity index (χ3v) is 6.59. The quantitative estimate of drug-likeness (QED) is 0.500. The first kappa shape index (κ1) is 15.5. The van der Waals surface area contributed by atoms with Crippen LogP contribution in [0.3, 0.4) is 0 Å². The molecule has 1 aliphatic rings. The van der Waals surface area contributed by atoms with Crippen molar-refractivity contribution >= 4 is 7.37 Å². The maximum Gasteiger partial charge on any atom is 0.280 e. The first-order chi connectivity index (χ1) is 8.83. The topological polar surface area (TPSA) is 26.3 Å².